The topological polar surface area (TPSA) is 173 Å². The van der Waals surface area contributed by atoms with E-state index in [2.05, 4.69) is 17.0 Å². The van der Waals surface area contributed by atoms with Crippen LogP contribution in [0, 0.1) is 23.7 Å². The number of aliphatic hydroxyl groups excluding tert-OH is 2. The molecule has 0 aromatic heterocycles. The maximum Gasteiger partial charge on any atom is 0.308 e. The number of ether oxygens (including phenoxy) is 1. The summed E-state index contributed by atoms with van der Waals surface area (Å²) in [5.41, 5.74) is 4.02. The Morgan fingerprint density at radius 3 is 2.32 bits per heavy atom. The van der Waals surface area contributed by atoms with E-state index in [0.29, 0.717) is 18.4 Å². The average Bonchev–Trinajstić information content (AvgIpc) is 2.98. The Kier molecular flexibility index (Phi) is 12.8. The molecule has 3 unspecified atom stereocenters. The largest absolute Gasteiger partial charge is 0.507 e. The predicted molar refractivity (Wildman–Crippen MR) is 168 cm³/mol. The highest BCUT2D eigenvalue weighted by molar-refractivity contribution is 6.03. The van der Waals surface area contributed by atoms with Crippen LogP contribution in [0.15, 0.2) is 36.4 Å². The van der Waals surface area contributed by atoms with Crippen molar-refractivity contribution < 1.29 is 47.6 Å². The minimum atomic E-state index is -0.782. The summed E-state index contributed by atoms with van der Waals surface area (Å²) in [6.45, 7) is 3.16. The van der Waals surface area contributed by atoms with E-state index in [1.54, 1.807) is 6.07 Å². The van der Waals surface area contributed by atoms with Crippen LogP contribution < -0.4 is 0 Å². The number of fused-ring (bicyclic) bond motifs is 1. The first-order valence-corrected chi connectivity index (χ1v) is 15.2. The van der Waals surface area contributed by atoms with E-state index >= 15 is 0 Å². The highest BCUT2D eigenvalue weighted by Gasteiger charge is 2.35. The molecular formula is C34H49NO9. The Balaban J connectivity index is 0.00000353. The van der Waals surface area contributed by atoms with Gasteiger partial charge in [-0.15, -0.1) is 0 Å². The van der Waals surface area contributed by atoms with Crippen molar-refractivity contribution in [2.45, 2.75) is 58.4 Å². The lowest BCUT2D eigenvalue weighted by atomic mass is 9.72. The third-order valence-corrected chi connectivity index (χ3v) is 9.07. The molecule has 244 valence electrons. The summed E-state index contributed by atoms with van der Waals surface area (Å²) < 4.78 is 4.89. The third kappa shape index (κ3) is 8.38. The van der Waals surface area contributed by atoms with E-state index in [1.165, 1.54) is 14.0 Å². The van der Waals surface area contributed by atoms with Crippen LogP contribution in [-0.2, 0) is 32.1 Å². The number of hydrogen-bond acceptors (Lipinski definition) is 9. The molecule has 44 heavy (non-hydrogen) atoms. The Morgan fingerprint density at radius 2 is 1.73 bits per heavy atom. The van der Waals surface area contributed by atoms with Crippen molar-refractivity contribution in [3.8, 4) is 16.9 Å². The molecule has 10 nitrogen and oxygen atoms in total. The first-order chi connectivity index (χ1) is 20.6. The summed E-state index contributed by atoms with van der Waals surface area (Å²) in [5.74, 6) is -2.32. The second-order valence-corrected chi connectivity index (χ2v) is 12.1. The van der Waals surface area contributed by atoms with Gasteiger partial charge >= 0.3 is 5.97 Å². The van der Waals surface area contributed by atoms with Crippen LogP contribution in [0.25, 0.3) is 11.1 Å². The number of Topliss-reactive ketones (excluding diaryl/α,β-unsaturated/α-hetero) is 3. The number of aliphatic hydroxyl groups is 2. The highest BCUT2D eigenvalue weighted by atomic mass is 16.5. The zero-order valence-corrected chi connectivity index (χ0v) is 25.6. The number of carbonyl (C=O) groups is 4. The molecule has 5 N–H and O–H groups in total. The lowest BCUT2D eigenvalue weighted by Crippen LogP contribution is -2.36. The molecule has 0 bridgehead atoms. The van der Waals surface area contributed by atoms with Gasteiger partial charge in [-0.3, -0.25) is 24.1 Å². The van der Waals surface area contributed by atoms with Crippen molar-refractivity contribution >= 4 is 23.3 Å². The molecule has 4 rings (SSSR count). The second kappa shape index (κ2) is 16.0. The fourth-order valence-corrected chi connectivity index (χ4v) is 6.83. The fourth-order valence-electron chi connectivity index (χ4n) is 6.83. The number of ketones is 3. The highest BCUT2D eigenvalue weighted by Crippen LogP contribution is 2.41. The van der Waals surface area contributed by atoms with Crippen molar-refractivity contribution in [1.82, 2.24) is 4.90 Å². The Bertz CT molecular complexity index is 1330. The summed E-state index contributed by atoms with van der Waals surface area (Å²) in [5, 5.41) is 30.3. The third-order valence-electron chi connectivity index (χ3n) is 9.07. The minimum Gasteiger partial charge on any atom is -0.507 e. The van der Waals surface area contributed by atoms with Crippen molar-refractivity contribution in [3.63, 3.8) is 0 Å². The van der Waals surface area contributed by atoms with E-state index < -0.39 is 12.5 Å². The number of nitrogens with zero attached hydrogens (tertiary/aromatic N) is 1. The molecule has 0 amide bonds. The molecule has 1 aliphatic carbocycles. The first kappa shape index (κ1) is 35.0. The number of carbonyl (C=O) groups excluding carboxylic acids is 4. The number of aromatic hydroxyl groups is 1. The molecule has 1 saturated heterocycles. The quantitative estimate of drug-likeness (QED) is 0.225. The molecule has 1 heterocycles. The summed E-state index contributed by atoms with van der Waals surface area (Å²) in [6.07, 6.45) is 2.70. The minimum absolute atomic E-state index is 0. The molecule has 1 fully saturated rings. The second-order valence-electron chi connectivity index (χ2n) is 12.1. The van der Waals surface area contributed by atoms with Gasteiger partial charge in [0, 0.05) is 28.3 Å². The Morgan fingerprint density at radius 1 is 1.05 bits per heavy atom. The van der Waals surface area contributed by atoms with Crippen molar-refractivity contribution in [2.24, 2.45) is 23.7 Å². The molecule has 1 aliphatic heterocycles. The van der Waals surface area contributed by atoms with Gasteiger partial charge in [-0.25, -0.2) is 0 Å². The van der Waals surface area contributed by atoms with Crippen molar-refractivity contribution in [1.29, 1.82) is 0 Å². The van der Waals surface area contributed by atoms with Gasteiger partial charge in [-0.05, 0) is 92.3 Å². The van der Waals surface area contributed by atoms with Gasteiger partial charge in [0.1, 0.15) is 17.3 Å². The number of rotatable bonds is 13. The van der Waals surface area contributed by atoms with Gasteiger partial charge in [0.15, 0.2) is 5.78 Å². The van der Waals surface area contributed by atoms with Gasteiger partial charge in [0.25, 0.3) is 0 Å². The monoisotopic (exact) mass is 615 g/mol. The van der Waals surface area contributed by atoms with Gasteiger partial charge in [0.05, 0.1) is 31.6 Å². The number of hydrogen-bond donors (Lipinski definition) is 3. The van der Waals surface area contributed by atoms with Gasteiger partial charge < -0.3 is 25.5 Å². The van der Waals surface area contributed by atoms with E-state index in [0.717, 1.165) is 54.7 Å². The lowest BCUT2D eigenvalue weighted by Gasteiger charge is -2.32. The summed E-state index contributed by atoms with van der Waals surface area (Å²) in [6, 6.07) is 11.6. The van der Waals surface area contributed by atoms with Crippen LogP contribution >= 0.6 is 0 Å². The number of piperidine rings is 1. The Hall–Kier alpha value is -3.44. The fraction of sp³-hybridized carbons (Fsp3) is 0.529. The van der Waals surface area contributed by atoms with Crippen LogP contribution in [0.1, 0.15) is 69.8 Å². The Labute approximate surface area is 261 Å². The summed E-state index contributed by atoms with van der Waals surface area (Å²) in [4.78, 5) is 51.7. The van der Waals surface area contributed by atoms with Crippen LogP contribution in [0.2, 0.25) is 0 Å². The number of likely N-dealkylation sites (tertiary alicyclic amines) is 1. The number of esters is 1. The number of benzene rings is 2. The maximum atomic E-state index is 13.3. The molecule has 10 heteroatoms. The molecule has 0 radical (unpaired) electrons. The molecule has 0 saturated carbocycles. The van der Waals surface area contributed by atoms with E-state index in [9.17, 15) is 34.5 Å². The van der Waals surface area contributed by atoms with Crippen molar-refractivity contribution in [2.75, 3.05) is 33.4 Å². The molecule has 2 aromatic rings. The van der Waals surface area contributed by atoms with E-state index in [-0.39, 0.29) is 81.0 Å². The van der Waals surface area contributed by atoms with Crippen LogP contribution in [0.3, 0.4) is 0 Å². The zero-order chi connectivity index (χ0) is 31.1. The zero-order valence-electron chi connectivity index (χ0n) is 25.6. The number of methoxy groups -OCH3 is 1. The maximum absolute atomic E-state index is 13.3. The van der Waals surface area contributed by atoms with Crippen LogP contribution in [0.5, 0.6) is 5.75 Å². The molecule has 2 aliphatic rings. The van der Waals surface area contributed by atoms with Gasteiger partial charge in [-0.2, -0.15) is 0 Å². The smallest absolute Gasteiger partial charge is 0.308 e. The lowest BCUT2D eigenvalue weighted by molar-refractivity contribution is -0.147. The summed E-state index contributed by atoms with van der Waals surface area (Å²) in [7, 11) is 1.43. The first-order valence-electron chi connectivity index (χ1n) is 15.2. The van der Waals surface area contributed by atoms with Gasteiger partial charge in [0.2, 0.25) is 0 Å². The molecule has 2 aromatic carbocycles. The summed E-state index contributed by atoms with van der Waals surface area (Å²) >= 11 is 0. The molecular weight excluding hydrogens is 566 g/mol. The van der Waals surface area contributed by atoms with E-state index in [4.69, 9.17) is 4.74 Å². The standard InChI is InChI=1S/C34H43NO8.H2O.2H2/c1-21(38)15-31(40)29(20-37)26(11-14-36)16-23-17-28-27(7-8-30(39)33(28)32(41)18-23)24-5-3-22(4-6-24)19-35-12-9-25(10-13-35)34(42)43-2;;;/h3-8,23,25-26,29,36-37,39H,9-20H2,1-2H3;1H2;2*1H. The van der Waals surface area contributed by atoms with E-state index in [1.807, 2.05) is 18.2 Å². The van der Waals surface area contributed by atoms with Gasteiger partial charge in [-0.1, -0.05) is 30.3 Å². The molecule has 3 atom stereocenters. The SMILES string of the molecule is COC(=O)C1CCN(Cc2ccc(-c3ccc(O)c4c3CC(CC(CCO)C(CO)C(=O)CC(C)=O)CC4=O)cc2)CC1.O.[HH].[HH]. The average molecular weight is 616 g/mol. The van der Waals surface area contributed by atoms with Crippen LogP contribution in [0.4, 0.5) is 0 Å². The van der Waals surface area contributed by atoms with Crippen molar-refractivity contribution in [3.05, 3.63) is 53.1 Å². The van der Waals surface area contributed by atoms with Crippen LogP contribution in [-0.4, -0.2) is 82.4 Å². The number of phenolic OH excluding ortho intramolecular Hbond substituents is 1. The number of phenols is 1. The predicted octanol–water partition coefficient (Wildman–Crippen LogP) is 3.40. The molecule has 0 spiro atoms. The normalized spacial score (nSPS) is 18.5.